The van der Waals surface area contributed by atoms with Crippen LogP contribution in [0.3, 0.4) is 0 Å². The van der Waals surface area contributed by atoms with Crippen LogP contribution in [0.4, 0.5) is 0 Å². The van der Waals surface area contributed by atoms with Crippen LogP contribution in [0.15, 0.2) is 84.9 Å². The van der Waals surface area contributed by atoms with Gasteiger partial charge in [0.05, 0.1) is 17.4 Å². The van der Waals surface area contributed by atoms with Crippen LogP contribution in [0.2, 0.25) is 0 Å². The normalized spacial score (nSPS) is 21.9. The molecule has 0 radical (unpaired) electrons. The Kier molecular flexibility index (Phi) is 15.3. The molecule has 3 saturated carbocycles. The lowest BCUT2D eigenvalue weighted by molar-refractivity contribution is -0.164. The monoisotopic (exact) mass is 806 g/mol. The Labute approximate surface area is 352 Å². The van der Waals surface area contributed by atoms with Gasteiger partial charge in [0.1, 0.15) is 34.9 Å². The van der Waals surface area contributed by atoms with E-state index in [0.717, 1.165) is 50.7 Å². The predicted molar refractivity (Wildman–Crippen MR) is 234 cm³/mol. The largest absolute Gasteiger partial charge is 0.508 e. The van der Waals surface area contributed by atoms with Crippen LogP contribution in [0, 0.1) is 23.7 Å². The van der Waals surface area contributed by atoms with Gasteiger partial charge in [-0.15, -0.1) is 0 Å². The molecule has 4 fully saturated rings. The molecule has 5 atom stereocenters. The van der Waals surface area contributed by atoms with E-state index in [2.05, 4.69) is 71.9 Å². The number of hydrogen-bond acceptors (Lipinski definition) is 8. The Hall–Kier alpha value is -4.85. The molecule has 4 aliphatic rings. The molecule has 1 N–H and O–H groups in total. The zero-order valence-corrected chi connectivity index (χ0v) is 36.7. The van der Waals surface area contributed by atoms with E-state index >= 15 is 0 Å². The van der Waals surface area contributed by atoms with Crippen LogP contribution in [0.1, 0.15) is 128 Å². The highest BCUT2D eigenvalue weighted by atomic mass is 16.6. The summed E-state index contributed by atoms with van der Waals surface area (Å²) in [5, 5.41) is 11.4. The van der Waals surface area contributed by atoms with Gasteiger partial charge in [0, 0.05) is 11.8 Å². The number of rotatable bonds is 8. The van der Waals surface area contributed by atoms with Crippen LogP contribution in [-0.2, 0) is 43.1 Å². The summed E-state index contributed by atoms with van der Waals surface area (Å²) in [4.78, 5) is 35.0. The average molecular weight is 807 g/mol. The van der Waals surface area contributed by atoms with E-state index in [-0.39, 0.29) is 53.2 Å². The molecule has 1 aliphatic heterocycles. The summed E-state index contributed by atoms with van der Waals surface area (Å²) in [5.74, 6) is 1.45. The van der Waals surface area contributed by atoms with Gasteiger partial charge < -0.3 is 24.1 Å². The number of aryl methyl sites for hydroxylation is 3. The molecule has 318 valence electrons. The van der Waals surface area contributed by atoms with Crippen LogP contribution < -0.4 is 4.74 Å². The van der Waals surface area contributed by atoms with Crippen LogP contribution in [-0.4, -0.2) is 46.4 Å². The zero-order chi connectivity index (χ0) is 42.9. The maximum absolute atomic E-state index is 12.0. The Morgan fingerprint density at radius 2 is 1.36 bits per heavy atom. The van der Waals surface area contributed by atoms with Gasteiger partial charge >= 0.3 is 17.9 Å². The third-order valence-electron chi connectivity index (χ3n) is 11.8. The smallest absolute Gasteiger partial charge is 0.338 e. The van der Waals surface area contributed by atoms with E-state index in [1.54, 1.807) is 12.1 Å². The van der Waals surface area contributed by atoms with E-state index in [1.807, 2.05) is 63.2 Å². The number of hydrogen-bond donors (Lipinski definition) is 1. The number of benzene rings is 4. The van der Waals surface area contributed by atoms with Crippen molar-refractivity contribution in [3.8, 4) is 11.5 Å². The second kappa shape index (κ2) is 19.9. The number of carbonyl (C=O) groups excluding carboxylic acids is 3. The maximum atomic E-state index is 12.0. The maximum Gasteiger partial charge on any atom is 0.338 e. The van der Waals surface area contributed by atoms with Crippen molar-refractivity contribution in [2.45, 2.75) is 144 Å². The van der Waals surface area contributed by atoms with Crippen molar-refractivity contribution in [3.63, 3.8) is 0 Å². The van der Waals surface area contributed by atoms with Gasteiger partial charge in [0.2, 0.25) is 0 Å². The van der Waals surface area contributed by atoms with E-state index in [4.69, 9.17) is 24.1 Å². The highest BCUT2D eigenvalue weighted by molar-refractivity contribution is 5.89. The molecule has 2 bridgehead atoms. The second-order valence-corrected chi connectivity index (χ2v) is 18.0. The van der Waals surface area contributed by atoms with E-state index in [9.17, 15) is 14.4 Å². The van der Waals surface area contributed by atoms with Crippen molar-refractivity contribution in [1.29, 1.82) is 0 Å². The van der Waals surface area contributed by atoms with Gasteiger partial charge in [-0.25, -0.2) is 4.79 Å². The van der Waals surface area contributed by atoms with Gasteiger partial charge in [-0.05, 0) is 149 Å². The minimum Gasteiger partial charge on any atom is -0.508 e. The summed E-state index contributed by atoms with van der Waals surface area (Å²) in [7, 11) is 0. The first kappa shape index (κ1) is 45.2. The van der Waals surface area contributed by atoms with Gasteiger partial charge in [-0.2, -0.15) is 0 Å². The summed E-state index contributed by atoms with van der Waals surface area (Å²) < 4.78 is 22.3. The highest BCUT2D eigenvalue weighted by Crippen LogP contribution is 2.55. The Morgan fingerprint density at radius 3 is 1.93 bits per heavy atom. The number of ether oxygens (including phenoxy) is 4. The summed E-state index contributed by atoms with van der Waals surface area (Å²) in [5.41, 5.74) is 4.16. The van der Waals surface area contributed by atoms with Crippen molar-refractivity contribution in [3.05, 3.63) is 107 Å². The Balaban J connectivity index is 0.000000153. The van der Waals surface area contributed by atoms with Crippen molar-refractivity contribution in [1.82, 2.24) is 0 Å². The van der Waals surface area contributed by atoms with Gasteiger partial charge in [0.25, 0.3) is 0 Å². The number of phenols is 1. The SMILES string of the molecule is CC(C)C(=O)OC1C2CC3C(=O)OC1C3C2.CCc1ccc(C(=O)OC2(C)CCCC2)cc1.CCc1ccc(O)cc1.CCc1ccc2cc(OC(C)(C)C)ccc2c1. The fourth-order valence-corrected chi connectivity index (χ4v) is 8.36. The van der Waals surface area contributed by atoms with Crippen LogP contribution >= 0.6 is 0 Å². The number of carbonyl (C=O) groups is 3. The molecular weight excluding hydrogens is 741 g/mol. The fraction of sp³-hybridized carbons (Fsp3) is 0.510. The van der Waals surface area contributed by atoms with E-state index in [0.29, 0.717) is 23.1 Å². The first-order valence-electron chi connectivity index (χ1n) is 21.7. The summed E-state index contributed by atoms with van der Waals surface area (Å²) in [6.07, 6.45) is 8.91. The first-order chi connectivity index (χ1) is 28.0. The summed E-state index contributed by atoms with van der Waals surface area (Å²) >= 11 is 0. The van der Waals surface area contributed by atoms with Gasteiger partial charge in [-0.1, -0.05) is 83.1 Å². The predicted octanol–water partition coefficient (Wildman–Crippen LogP) is 11.4. The minimum absolute atomic E-state index is 0.0828. The molecule has 8 heteroatoms. The number of esters is 3. The van der Waals surface area contributed by atoms with Gasteiger partial charge in [0.15, 0.2) is 0 Å². The molecule has 8 rings (SSSR count). The van der Waals surface area contributed by atoms with Crippen molar-refractivity contribution >= 4 is 28.7 Å². The fourth-order valence-electron chi connectivity index (χ4n) is 8.36. The molecule has 4 aromatic rings. The van der Waals surface area contributed by atoms with Crippen molar-refractivity contribution < 1.29 is 38.4 Å². The topological polar surface area (TPSA) is 108 Å². The van der Waals surface area contributed by atoms with E-state index in [1.165, 1.54) is 40.3 Å². The van der Waals surface area contributed by atoms with E-state index < -0.39 is 0 Å². The Morgan fingerprint density at radius 1 is 0.797 bits per heavy atom. The number of fused-ring (bicyclic) bond motifs is 2. The first-order valence-corrected chi connectivity index (χ1v) is 21.7. The zero-order valence-electron chi connectivity index (χ0n) is 36.7. The third kappa shape index (κ3) is 12.3. The molecular formula is C51H66O8. The molecule has 0 aromatic heterocycles. The number of phenolic OH excluding ortho intramolecular Hbond substituents is 1. The summed E-state index contributed by atoms with van der Waals surface area (Å²) in [6.45, 7) is 18.2. The molecule has 8 nitrogen and oxygen atoms in total. The van der Waals surface area contributed by atoms with Crippen molar-refractivity contribution in [2.75, 3.05) is 0 Å². The molecule has 0 spiro atoms. The molecule has 4 aromatic carbocycles. The molecule has 59 heavy (non-hydrogen) atoms. The average Bonchev–Trinajstić information content (AvgIpc) is 3.97. The lowest BCUT2D eigenvalue weighted by Gasteiger charge is -2.25. The van der Waals surface area contributed by atoms with Gasteiger partial charge in [-0.3, -0.25) is 9.59 Å². The molecule has 5 unspecified atom stereocenters. The minimum atomic E-state index is -0.236. The lowest BCUT2D eigenvalue weighted by Crippen LogP contribution is -2.36. The standard InChI is InChI=1S/C16H20O.C15H20O2.C12H16O4.C8H10O/c1-5-12-6-7-14-11-15(17-16(2,3)4)9-8-13(14)10-12;1-3-12-6-8-13(9-7-12)14(16)17-15(2)10-4-5-11-15;1-5(2)11(13)15-9-6-3-7-8(4-6)12(14)16-10(7)9;1-2-7-3-5-8(9)6-4-7/h6-11H,5H2,1-4H3;6-9H,3-5,10-11H2,1-2H3;5-10H,3-4H2,1-2H3;3-6,9H,2H2,1H3. The van der Waals surface area contributed by atoms with Crippen molar-refractivity contribution in [2.24, 2.45) is 23.7 Å². The molecule has 1 saturated heterocycles. The second-order valence-electron chi connectivity index (χ2n) is 18.0. The quantitative estimate of drug-likeness (QED) is 0.138. The highest BCUT2D eigenvalue weighted by Gasteiger charge is 2.63. The summed E-state index contributed by atoms with van der Waals surface area (Å²) in [6, 6.07) is 27.9. The van der Waals surface area contributed by atoms with Crippen LogP contribution in [0.25, 0.3) is 10.8 Å². The van der Waals surface area contributed by atoms with Crippen LogP contribution in [0.5, 0.6) is 11.5 Å². The Bertz CT molecular complexity index is 2000. The molecule has 0 amide bonds. The number of aromatic hydroxyl groups is 1. The molecule has 3 aliphatic carbocycles. The molecule has 1 heterocycles. The third-order valence-corrected chi connectivity index (χ3v) is 11.8. The lowest BCUT2D eigenvalue weighted by atomic mass is 9.88.